The van der Waals surface area contributed by atoms with E-state index in [9.17, 15) is 14.0 Å². The average Bonchev–Trinajstić information content (AvgIpc) is 2.45. The van der Waals surface area contributed by atoms with E-state index in [1.54, 1.807) is 25.1 Å². The number of carboxylic acid groups (broad SMARTS) is 1. The molecule has 0 saturated carbocycles. The fraction of sp³-hybridized carbons (Fsp3) is 0.333. The number of para-hydroxylation sites is 1. The van der Waals surface area contributed by atoms with Crippen LogP contribution in [0.3, 0.4) is 0 Å². The number of benzene rings is 1. The van der Waals surface area contributed by atoms with Gasteiger partial charge in [0.25, 0.3) is 5.91 Å². The van der Waals surface area contributed by atoms with Crippen LogP contribution >= 0.6 is 0 Å². The van der Waals surface area contributed by atoms with Gasteiger partial charge < -0.3 is 15.2 Å². The number of amides is 1. The largest absolute Gasteiger partial charge is 0.480 e. The molecule has 1 amide bonds. The van der Waals surface area contributed by atoms with Crippen LogP contribution in [-0.4, -0.2) is 29.1 Å². The number of hydrogen-bond donors (Lipinski definition) is 2. The number of carboxylic acids is 1. The van der Waals surface area contributed by atoms with E-state index < -0.39 is 29.8 Å². The van der Waals surface area contributed by atoms with Crippen molar-refractivity contribution < 1.29 is 23.8 Å². The quantitative estimate of drug-likeness (QED) is 0.756. The molecule has 0 heterocycles. The molecule has 2 unspecified atom stereocenters. The van der Waals surface area contributed by atoms with Crippen LogP contribution in [0.15, 0.2) is 36.4 Å². The van der Waals surface area contributed by atoms with E-state index in [4.69, 9.17) is 9.84 Å². The van der Waals surface area contributed by atoms with Gasteiger partial charge in [-0.05, 0) is 32.4 Å². The lowest BCUT2D eigenvalue weighted by Crippen LogP contribution is -2.46. The number of allylic oxidation sites excluding steroid dienone is 1. The smallest absolute Gasteiger partial charge is 0.326 e. The van der Waals surface area contributed by atoms with Gasteiger partial charge in [0.15, 0.2) is 17.7 Å². The van der Waals surface area contributed by atoms with Crippen molar-refractivity contribution in [1.29, 1.82) is 0 Å². The van der Waals surface area contributed by atoms with Crippen molar-refractivity contribution in [1.82, 2.24) is 5.32 Å². The van der Waals surface area contributed by atoms with Crippen LogP contribution in [0, 0.1) is 5.82 Å². The maximum absolute atomic E-state index is 13.4. The number of hydrogen-bond acceptors (Lipinski definition) is 3. The van der Waals surface area contributed by atoms with E-state index in [0.717, 1.165) is 0 Å². The van der Waals surface area contributed by atoms with Crippen LogP contribution < -0.4 is 10.1 Å². The Morgan fingerprint density at radius 2 is 2.10 bits per heavy atom. The molecule has 0 radical (unpaired) electrons. The molecule has 21 heavy (non-hydrogen) atoms. The summed E-state index contributed by atoms with van der Waals surface area (Å²) in [5.74, 6) is -2.39. The number of carbonyl (C=O) groups is 2. The number of nitrogens with one attached hydrogen (secondary N) is 1. The third-order valence-electron chi connectivity index (χ3n) is 2.73. The van der Waals surface area contributed by atoms with Crippen LogP contribution in [0.25, 0.3) is 0 Å². The van der Waals surface area contributed by atoms with E-state index in [-0.39, 0.29) is 12.2 Å². The molecule has 0 aromatic heterocycles. The van der Waals surface area contributed by atoms with Crippen LogP contribution in [-0.2, 0) is 9.59 Å². The number of rotatable bonds is 7. The Labute approximate surface area is 122 Å². The molecule has 0 saturated heterocycles. The summed E-state index contributed by atoms with van der Waals surface area (Å²) in [6.45, 7) is 3.18. The number of halogens is 1. The van der Waals surface area contributed by atoms with Crippen molar-refractivity contribution >= 4 is 11.9 Å². The third kappa shape index (κ3) is 5.25. The fourth-order valence-corrected chi connectivity index (χ4v) is 1.57. The van der Waals surface area contributed by atoms with Crippen molar-refractivity contribution in [2.45, 2.75) is 32.4 Å². The first-order chi connectivity index (χ1) is 9.95. The molecule has 6 heteroatoms. The molecule has 0 bridgehead atoms. The van der Waals surface area contributed by atoms with Crippen LogP contribution in [0.1, 0.15) is 20.3 Å². The second-order valence-corrected chi connectivity index (χ2v) is 4.39. The van der Waals surface area contributed by atoms with Gasteiger partial charge in [0.05, 0.1) is 0 Å². The van der Waals surface area contributed by atoms with Gasteiger partial charge in [-0.25, -0.2) is 9.18 Å². The maximum Gasteiger partial charge on any atom is 0.326 e. The number of aliphatic carboxylic acids is 1. The fourth-order valence-electron chi connectivity index (χ4n) is 1.57. The Hall–Kier alpha value is -2.37. The molecule has 0 aliphatic carbocycles. The summed E-state index contributed by atoms with van der Waals surface area (Å²) in [4.78, 5) is 22.9. The zero-order valence-electron chi connectivity index (χ0n) is 11.9. The summed E-state index contributed by atoms with van der Waals surface area (Å²) in [6, 6.07) is 4.65. The highest BCUT2D eigenvalue weighted by Gasteiger charge is 2.23. The molecule has 0 aliphatic rings. The lowest BCUT2D eigenvalue weighted by Gasteiger charge is -2.18. The Kier molecular flexibility index (Phi) is 6.39. The van der Waals surface area contributed by atoms with Crippen molar-refractivity contribution in [2.24, 2.45) is 0 Å². The summed E-state index contributed by atoms with van der Waals surface area (Å²) in [7, 11) is 0. The number of carbonyl (C=O) groups excluding carboxylic acids is 1. The minimum atomic E-state index is -1.14. The van der Waals surface area contributed by atoms with Gasteiger partial charge in [-0.15, -0.1) is 0 Å². The van der Waals surface area contributed by atoms with E-state index in [1.807, 2.05) is 0 Å². The zero-order chi connectivity index (χ0) is 15.8. The monoisotopic (exact) mass is 295 g/mol. The molecule has 1 rings (SSSR count). The standard InChI is InChI=1S/C15H18FNO4/c1-3-4-8-12(15(19)20)17-14(18)10(2)21-13-9-6-5-7-11(13)16/h3-7,9-10,12H,8H2,1-2H3,(H,17,18)(H,19,20)/b4-3+. The average molecular weight is 295 g/mol. The Balaban J connectivity index is 2.65. The normalized spacial score (nSPS) is 13.7. The highest BCUT2D eigenvalue weighted by molar-refractivity contribution is 5.86. The Morgan fingerprint density at radius 3 is 2.67 bits per heavy atom. The Bertz CT molecular complexity index is 530. The highest BCUT2D eigenvalue weighted by atomic mass is 19.1. The van der Waals surface area contributed by atoms with Crippen molar-refractivity contribution in [3.63, 3.8) is 0 Å². The molecular formula is C15H18FNO4. The van der Waals surface area contributed by atoms with Gasteiger partial charge in [0, 0.05) is 0 Å². The van der Waals surface area contributed by atoms with Crippen molar-refractivity contribution in [3.05, 3.63) is 42.2 Å². The SMILES string of the molecule is C/C=C/CC(NC(=O)C(C)Oc1ccccc1F)C(=O)O. The second-order valence-electron chi connectivity index (χ2n) is 4.39. The maximum atomic E-state index is 13.4. The summed E-state index contributed by atoms with van der Waals surface area (Å²) in [5, 5.41) is 11.4. The third-order valence-corrected chi connectivity index (χ3v) is 2.73. The molecule has 5 nitrogen and oxygen atoms in total. The van der Waals surface area contributed by atoms with E-state index >= 15 is 0 Å². The van der Waals surface area contributed by atoms with Crippen LogP contribution in [0.4, 0.5) is 4.39 Å². The molecule has 1 aromatic carbocycles. The zero-order valence-corrected chi connectivity index (χ0v) is 11.9. The minimum absolute atomic E-state index is 0.0551. The Morgan fingerprint density at radius 1 is 1.43 bits per heavy atom. The summed E-state index contributed by atoms with van der Waals surface area (Å²) in [5.41, 5.74) is 0. The van der Waals surface area contributed by atoms with E-state index in [1.165, 1.54) is 25.1 Å². The molecule has 0 aliphatic heterocycles. The van der Waals surface area contributed by atoms with Crippen LogP contribution in [0.2, 0.25) is 0 Å². The lowest BCUT2D eigenvalue weighted by atomic mass is 10.2. The number of ether oxygens (including phenoxy) is 1. The first kappa shape index (κ1) is 16.7. The molecule has 2 atom stereocenters. The predicted molar refractivity (Wildman–Crippen MR) is 75.5 cm³/mol. The van der Waals surface area contributed by atoms with E-state index in [2.05, 4.69) is 5.32 Å². The molecule has 2 N–H and O–H groups in total. The molecule has 114 valence electrons. The van der Waals surface area contributed by atoms with Crippen molar-refractivity contribution in [3.8, 4) is 5.75 Å². The molecule has 1 aromatic rings. The lowest BCUT2D eigenvalue weighted by molar-refractivity contribution is -0.142. The highest BCUT2D eigenvalue weighted by Crippen LogP contribution is 2.17. The summed E-state index contributed by atoms with van der Waals surface area (Å²) >= 11 is 0. The topological polar surface area (TPSA) is 75.6 Å². The van der Waals surface area contributed by atoms with Gasteiger partial charge >= 0.3 is 5.97 Å². The van der Waals surface area contributed by atoms with Crippen molar-refractivity contribution in [2.75, 3.05) is 0 Å². The van der Waals surface area contributed by atoms with Gasteiger partial charge in [-0.1, -0.05) is 24.3 Å². The summed E-state index contributed by atoms with van der Waals surface area (Å²) in [6.07, 6.45) is 2.50. The first-order valence-electron chi connectivity index (χ1n) is 6.51. The predicted octanol–water partition coefficient (Wildman–Crippen LogP) is 2.13. The molecule has 0 spiro atoms. The molecular weight excluding hydrogens is 277 g/mol. The first-order valence-corrected chi connectivity index (χ1v) is 6.51. The van der Waals surface area contributed by atoms with Crippen LogP contribution in [0.5, 0.6) is 5.75 Å². The van der Waals surface area contributed by atoms with Gasteiger partial charge in [0.2, 0.25) is 0 Å². The summed E-state index contributed by atoms with van der Waals surface area (Å²) < 4.78 is 18.6. The van der Waals surface area contributed by atoms with E-state index in [0.29, 0.717) is 0 Å². The van der Waals surface area contributed by atoms with Gasteiger partial charge in [-0.2, -0.15) is 0 Å². The molecule has 0 fully saturated rings. The second kappa shape index (κ2) is 8.04. The van der Waals surface area contributed by atoms with Gasteiger partial charge in [-0.3, -0.25) is 4.79 Å². The van der Waals surface area contributed by atoms with Gasteiger partial charge in [0.1, 0.15) is 6.04 Å². The minimum Gasteiger partial charge on any atom is -0.480 e.